The van der Waals surface area contributed by atoms with Gasteiger partial charge in [-0.1, -0.05) is 0 Å². The average Bonchev–Trinajstić information content (AvgIpc) is 3.54. The van der Waals surface area contributed by atoms with Crippen LogP contribution in [0.4, 0.5) is 22.9 Å². The molecule has 1 spiro atoms. The van der Waals surface area contributed by atoms with Gasteiger partial charge in [0.15, 0.2) is 0 Å². The summed E-state index contributed by atoms with van der Waals surface area (Å²) in [6.45, 7) is 5.77. The quantitative estimate of drug-likeness (QED) is 0.141. The molecule has 9 nitrogen and oxygen atoms in total. The van der Waals surface area contributed by atoms with Crippen LogP contribution in [-0.2, 0) is 22.4 Å². The Balaban J connectivity index is 0.00000450. The van der Waals surface area contributed by atoms with E-state index in [0.717, 1.165) is 107 Å². The molecule has 1 aliphatic carbocycles. The smallest absolute Gasteiger partial charge is 2.00 e. The molecule has 4 aliphatic rings. The van der Waals surface area contributed by atoms with E-state index in [-0.39, 0.29) is 54.2 Å². The van der Waals surface area contributed by atoms with Crippen molar-refractivity contribution < 1.29 is 50.2 Å². The number of ether oxygens (including phenoxy) is 1. The van der Waals surface area contributed by atoms with Crippen molar-refractivity contribution in [1.29, 1.82) is 0 Å². The molecule has 268 valence electrons. The van der Waals surface area contributed by atoms with Crippen molar-refractivity contribution in [3.63, 3.8) is 0 Å². The van der Waals surface area contributed by atoms with Crippen molar-refractivity contribution in [3.05, 3.63) is 130 Å². The molecule has 0 atom stereocenters. The number of aromatic nitrogens is 1. The fourth-order valence-corrected chi connectivity index (χ4v) is 9.44. The van der Waals surface area contributed by atoms with Crippen LogP contribution in [0.1, 0.15) is 68.8 Å². The molecule has 2 saturated heterocycles. The maximum atomic E-state index is 14.0. The SMILES string of the molecule is Cc1ccc[c]([Tl])c1NC(=O)[C-]=CC1=[C-]c2ccccc2N(C(=O)c2ccc(NC(=O)c3cc4c(nc3N3CC5(CCOCC5)C3)CCC4)cc2)CC1.[U+2]. The molecule has 2 N–H and O–H groups in total. The summed E-state index contributed by atoms with van der Waals surface area (Å²) >= 11 is 0.591. The number of allylic oxidation sites excluding steroid dienone is 1. The molecule has 4 aromatic rings. The molecule has 11 heteroatoms. The van der Waals surface area contributed by atoms with E-state index in [2.05, 4.69) is 27.7 Å². The molecule has 0 radical (unpaired) electrons. The minimum absolute atomic E-state index is 0. The molecule has 1 aromatic heterocycles. The van der Waals surface area contributed by atoms with Crippen LogP contribution in [0.5, 0.6) is 0 Å². The second-order valence-corrected chi connectivity index (χ2v) is 16.9. The average molecular weight is 1130 g/mol. The van der Waals surface area contributed by atoms with Crippen LogP contribution in [-0.4, -0.2) is 81.3 Å². The summed E-state index contributed by atoms with van der Waals surface area (Å²) in [5.41, 5.74) is 8.40. The third-order valence-electron chi connectivity index (χ3n) is 10.8. The Hall–Kier alpha value is -3.57. The van der Waals surface area contributed by atoms with Crippen molar-refractivity contribution >= 4 is 69.5 Å². The molecule has 2 fully saturated rings. The number of nitrogens with one attached hydrogen (secondary N) is 2. The van der Waals surface area contributed by atoms with Gasteiger partial charge in [0, 0.05) is 43.1 Å². The van der Waals surface area contributed by atoms with Gasteiger partial charge in [0.05, 0.1) is 5.56 Å². The second-order valence-electron chi connectivity index (χ2n) is 14.5. The first kappa shape index (κ1) is 38.7. The number of carbonyl (C=O) groups is 3. The molecule has 3 amide bonds. The Morgan fingerprint density at radius 2 is 1.74 bits per heavy atom. The van der Waals surface area contributed by atoms with Gasteiger partial charge in [-0.25, -0.2) is 4.98 Å². The largest absolute Gasteiger partial charge is 2.00 e. The normalized spacial score (nSPS) is 17.1. The monoisotopic (exact) mass is 1130 g/mol. The predicted molar refractivity (Wildman–Crippen MR) is 207 cm³/mol. The first-order chi connectivity index (χ1) is 25.7. The standard InChI is InChI=1S/C43H40N5O4.Tl.U/c1-29-7-2-4-10-36(29)45-39(49)18-13-30-19-22-48(38-12-5-3-8-33(38)25-30)42(51)31-14-16-34(17-15-31)44-41(50)35-26-32-9-6-11-37(32)46-40(35)47-27-43(28-47)20-23-52-24-21-43;;/h2-5,7-8,12-17,26H,6,9,11,19-24,27-28H2,1H3,(H,44,50)(H,45,49);;/q-2;;+2. The van der Waals surface area contributed by atoms with Gasteiger partial charge < -0.3 is 15.0 Å². The van der Waals surface area contributed by atoms with Crippen LogP contribution in [0.2, 0.25) is 0 Å². The van der Waals surface area contributed by atoms with Crippen LogP contribution < -0.4 is 23.6 Å². The van der Waals surface area contributed by atoms with Crippen LogP contribution in [0.25, 0.3) is 0 Å². The first-order valence-corrected chi connectivity index (χ1v) is 20.6. The van der Waals surface area contributed by atoms with Crippen LogP contribution in [0, 0.1) is 55.6 Å². The number of para-hydroxylation sites is 2. The Morgan fingerprint density at radius 1 is 0.963 bits per heavy atom. The second kappa shape index (κ2) is 16.7. The van der Waals surface area contributed by atoms with E-state index >= 15 is 0 Å². The summed E-state index contributed by atoms with van der Waals surface area (Å²) in [4.78, 5) is 49.7. The zero-order valence-electron chi connectivity index (χ0n) is 30.3. The molecular weight excluding hydrogens is 1090 g/mol. The van der Waals surface area contributed by atoms with Crippen molar-refractivity contribution in [2.45, 2.75) is 45.4 Å². The number of rotatable bonds is 7. The zero-order valence-corrected chi connectivity index (χ0v) is 39.0. The van der Waals surface area contributed by atoms with E-state index in [4.69, 9.17) is 9.72 Å². The number of anilines is 4. The maximum Gasteiger partial charge on any atom is 2.00 e. The molecule has 54 heavy (non-hydrogen) atoms. The zero-order chi connectivity index (χ0) is 36.5. The molecule has 3 aromatic carbocycles. The van der Waals surface area contributed by atoms with E-state index in [1.165, 1.54) is 0 Å². The van der Waals surface area contributed by atoms with Gasteiger partial charge in [0.1, 0.15) is 5.82 Å². The number of carbonyl (C=O) groups excluding carboxylic acids is 3. The number of nitrogens with zero attached hydrogens (tertiary/aromatic N) is 3. The number of pyridine rings is 1. The van der Waals surface area contributed by atoms with E-state index < -0.39 is 0 Å². The molecule has 0 saturated carbocycles. The Kier molecular flexibility index (Phi) is 11.9. The molecular formula is C43H40N5O4TlU. The van der Waals surface area contributed by atoms with Gasteiger partial charge in [0.25, 0.3) is 5.91 Å². The Labute approximate surface area is 356 Å². The minimum Gasteiger partial charge on any atom is 2.00 e. The van der Waals surface area contributed by atoms with Gasteiger partial charge in [-0.2, -0.15) is 0 Å². The van der Waals surface area contributed by atoms with E-state index in [1.807, 2.05) is 55.5 Å². The van der Waals surface area contributed by atoms with Gasteiger partial charge in [0.2, 0.25) is 0 Å². The van der Waals surface area contributed by atoms with E-state index in [1.54, 1.807) is 35.2 Å². The molecule has 3 aliphatic heterocycles. The summed E-state index contributed by atoms with van der Waals surface area (Å²) < 4.78 is 6.76. The van der Waals surface area contributed by atoms with Crippen LogP contribution in [0.15, 0.2) is 84.4 Å². The topological polar surface area (TPSA) is 104 Å². The summed E-state index contributed by atoms with van der Waals surface area (Å²) in [5, 5.41) is 6.06. The number of aryl methyl sites for hydroxylation is 3. The number of hydrogen-bond donors (Lipinski definition) is 2. The minimum atomic E-state index is -0.319. The summed E-state index contributed by atoms with van der Waals surface area (Å²) in [7, 11) is 0. The third kappa shape index (κ3) is 8.18. The summed E-state index contributed by atoms with van der Waals surface area (Å²) in [5.74, 6) is 0.0993. The van der Waals surface area contributed by atoms with Crippen molar-refractivity contribution in [2.24, 2.45) is 5.41 Å². The van der Waals surface area contributed by atoms with E-state index in [9.17, 15) is 14.4 Å². The van der Waals surface area contributed by atoms with Crippen molar-refractivity contribution in [3.8, 4) is 0 Å². The maximum absolute atomic E-state index is 14.0. The summed E-state index contributed by atoms with van der Waals surface area (Å²) in [6.07, 6.45) is 13.5. The molecule has 8 rings (SSSR count). The Morgan fingerprint density at radius 3 is 2.52 bits per heavy atom. The Bertz CT molecular complexity index is 2130. The predicted octanol–water partition coefficient (Wildman–Crippen LogP) is 5.67. The first-order valence-electron chi connectivity index (χ1n) is 18.3. The van der Waals surface area contributed by atoms with Crippen molar-refractivity contribution in [1.82, 2.24) is 4.98 Å². The summed E-state index contributed by atoms with van der Waals surface area (Å²) in [6, 6.07) is 22.8. The van der Waals surface area contributed by atoms with Crippen LogP contribution >= 0.6 is 0 Å². The van der Waals surface area contributed by atoms with Gasteiger partial charge in [-0.05, 0) is 68.0 Å². The number of fused-ring (bicyclic) bond motifs is 2. The molecule has 0 bridgehead atoms. The van der Waals surface area contributed by atoms with Gasteiger partial charge >= 0.3 is 206 Å². The van der Waals surface area contributed by atoms with Crippen molar-refractivity contribution in [2.75, 3.05) is 53.3 Å². The fraction of sp³-hybridized carbons (Fsp3) is 0.302. The van der Waals surface area contributed by atoms with Gasteiger partial charge in [-0.3, -0.25) is 4.79 Å². The molecule has 4 heterocycles. The number of amides is 3. The number of benzene rings is 3. The van der Waals surface area contributed by atoms with E-state index in [0.29, 0.717) is 55.5 Å². The third-order valence-corrected chi connectivity index (χ3v) is 12.7. The molecule has 0 unspecified atom stereocenters. The van der Waals surface area contributed by atoms with Gasteiger partial charge in [-0.15, -0.1) is 0 Å². The number of hydrogen-bond acceptors (Lipinski definition) is 6. The van der Waals surface area contributed by atoms with Crippen LogP contribution in [0.3, 0.4) is 0 Å². The fourth-order valence-electron chi connectivity index (χ4n) is 7.84.